The Morgan fingerprint density at radius 2 is 1.71 bits per heavy atom. The van der Waals surface area contributed by atoms with Crippen LogP contribution >= 0.6 is 0 Å². The maximum absolute atomic E-state index is 13.3. The lowest BCUT2D eigenvalue weighted by atomic mass is 9.87. The van der Waals surface area contributed by atoms with Gasteiger partial charge in [0, 0.05) is 67.7 Å². The molecule has 0 bridgehead atoms. The highest BCUT2D eigenvalue weighted by Crippen LogP contribution is 2.29. The minimum atomic E-state index is -0.467. The number of methoxy groups -OCH3 is 1. The molecule has 3 heterocycles. The molecule has 2 aliphatic rings. The van der Waals surface area contributed by atoms with Gasteiger partial charge in [0.1, 0.15) is 5.75 Å². The number of ether oxygens (including phenoxy) is 1. The van der Waals surface area contributed by atoms with Crippen LogP contribution in [0.3, 0.4) is 0 Å². The van der Waals surface area contributed by atoms with Crippen molar-refractivity contribution in [2.45, 2.75) is 64.1 Å². The maximum atomic E-state index is 13.3. The van der Waals surface area contributed by atoms with Crippen LogP contribution in [0.5, 0.6) is 5.75 Å². The van der Waals surface area contributed by atoms with Crippen LogP contribution in [-0.4, -0.2) is 83.4 Å². The Kier molecular flexibility index (Phi) is 9.62. The number of amides is 2. The monoisotopic (exact) mass is 559 g/mol. The number of aromatic nitrogens is 1. The van der Waals surface area contributed by atoms with Crippen molar-refractivity contribution in [3.05, 3.63) is 65.9 Å². The molecule has 2 fully saturated rings. The molecule has 2 amide bonds. The van der Waals surface area contributed by atoms with Gasteiger partial charge in [-0.15, -0.1) is 0 Å². The highest BCUT2D eigenvalue weighted by molar-refractivity contribution is 5.84. The molecular weight excluding hydrogens is 514 g/mol. The lowest BCUT2D eigenvalue weighted by Crippen LogP contribution is -2.57. The van der Waals surface area contributed by atoms with E-state index in [1.165, 1.54) is 32.4 Å². The number of rotatable bonds is 11. The van der Waals surface area contributed by atoms with Crippen molar-refractivity contribution in [3.63, 3.8) is 0 Å². The number of nitrogens with one attached hydrogen (secondary N) is 1. The highest BCUT2D eigenvalue weighted by Gasteiger charge is 2.37. The van der Waals surface area contributed by atoms with Crippen LogP contribution < -0.4 is 10.5 Å². The minimum Gasteiger partial charge on any atom is -0.496 e. The molecule has 2 aliphatic heterocycles. The van der Waals surface area contributed by atoms with Gasteiger partial charge >= 0.3 is 0 Å². The Labute approximate surface area is 243 Å². The van der Waals surface area contributed by atoms with Gasteiger partial charge < -0.3 is 25.3 Å². The summed E-state index contributed by atoms with van der Waals surface area (Å²) < 4.78 is 5.58. The fourth-order valence-electron chi connectivity index (χ4n) is 7.01. The van der Waals surface area contributed by atoms with Crippen molar-refractivity contribution >= 4 is 22.7 Å². The Bertz CT molecular complexity index is 1310. The molecule has 0 spiro atoms. The van der Waals surface area contributed by atoms with Gasteiger partial charge in [0.05, 0.1) is 13.2 Å². The quantitative estimate of drug-likeness (QED) is 0.368. The molecule has 1 unspecified atom stereocenters. The largest absolute Gasteiger partial charge is 0.496 e. The third-order valence-corrected chi connectivity index (χ3v) is 9.15. The number of primary amides is 1. The summed E-state index contributed by atoms with van der Waals surface area (Å²) in [7, 11) is 1.65. The lowest BCUT2D eigenvalue weighted by molar-refractivity contribution is -0.133. The van der Waals surface area contributed by atoms with E-state index < -0.39 is 6.04 Å². The molecule has 1 aromatic heterocycles. The molecule has 0 saturated carbocycles. The maximum Gasteiger partial charge on any atom is 0.235 e. The molecule has 2 saturated heterocycles. The molecule has 3 N–H and O–H groups in total. The van der Waals surface area contributed by atoms with E-state index in [-0.39, 0.29) is 17.7 Å². The molecule has 5 rings (SSSR count). The number of likely N-dealkylation sites (tertiary alicyclic amines) is 2. The molecule has 3 aromatic rings. The number of carbonyl (C=O) groups excluding carboxylic acids is 2. The van der Waals surface area contributed by atoms with Crippen molar-refractivity contribution in [2.24, 2.45) is 11.7 Å². The van der Waals surface area contributed by atoms with E-state index in [4.69, 9.17) is 10.5 Å². The third-order valence-electron chi connectivity index (χ3n) is 9.15. The predicted octanol–water partition coefficient (Wildman–Crippen LogP) is 4.19. The third kappa shape index (κ3) is 6.93. The van der Waals surface area contributed by atoms with Crippen LogP contribution in [-0.2, 0) is 22.6 Å². The summed E-state index contributed by atoms with van der Waals surface area (Å²) in [5.74, 6) is 0.230. The van der Waals surface area contributed by atoms with Gasteiger partial charge in [0.15, 0.2) is 0 Å². The van der Waals surface area contributed by atoms with Gasteiger partial charge in [-0.1, -0.05) is 42.8 Å². The average molecular weight is 560 g/mol. The molecule has 8 heteroatoms. The summed E-state index contributed by atoms with van der Waals surface area (Å²) >= 11 is 0. The van der Waals surface area contributed by atoms with Gasteiger partial charge in [-0.25, -0.2) is 0 Å². The zero-order chi connectivity index (χ0) is 28.8. The number of H-pyrrole nitrogens is 1. The smallest absolute Gasteiger partial charge is 0.235 e. The summed E-state index contributed by atoms with van der Waals surface area (Å²) in [4.78, 5) is 36.5. The number of carbonyl (C=O) groups is 2. The molecule has 2 aromatic carbocycles. The first-order valence-corrected chi connectivity index (χ1v) is 15.1. The van der Waals surface area contributed by atoms with Gasteiger partial charge in [-0.2, -0.15) is 0 Å². The SMILES string of the molecule is COc1ccccc1CN(C[C@@H](Cc1c[nH]c2ccccc12)C(C(N)=O)N1CCC(N2CCCCC2)CC1)C(C)=O. The van der Waals surface area contributed by atoms with E-state index in [0.29, 0.717) is 25.6 Å². The van der Waals surface area contributed by atoms with Crippen molar-refractivity contribution in [3.8, 4) is 5.75 Å². The number of nitrogens with two attached hydrogens (primary N) is 1. The van der Waals surface area contributed by atoms with E-state index in [1.54, 1.807) is 14.0 Å². The van der Waals surface area contributed by atoms with Gasteiger partial charge in [-0.05, 0) is 62.9 Å². The molecule has 8 nitrogen and oxygen atoms in total. The van der Waals surface area contributed by atoms with Crippen molar-refractivity contribution < 1.29 is 14.3 Å². The topological polar surface area (TPSA) is 94.9 Å². The Morgan fingerprint density at radius 1 is 1.00 bits per heavy atom. The van der Waals surface area contributed by atoms with E-state index >= 15 is 0 Å². The van der Waals surface area contributed by atoms with Crippen LogP contribution in [0, 0.1) is 5.92 Å². The normalized spacial score (nSPS) is 18.7. The molecule has 41 heavy (non-hydrogen) atoms. The van der Waals surface area contributed by atoms with Crippen LogP contribution in [0.25, 0.3) is 10.9 Å². The fraction of sp³-hybridized carbons (Fsp3) is 0.515. The number of benzene rings is 2. The standard InChI is InChI=1S/C33H45N5O3/c1-24(39)38(22-25-10-4-7-13-31(25)41-2)23-27(20-26-21-35-30-12-6-5-11-29(26)30)32(33(34)40)37-18-14-28(15-19-37)36-16-8-3-9-17-36/h4-7,10-13,21,27-28,32,35H,3,8-9,14-20,22-23H2,1-2H3,(H2,34,40)/t27-,32?/m1/s1. The molecule has 220 valence electrons. The van der Waals surface area contributed by atoms with Crippen molar-refractivity contribution in [2.75, 3.05) is 39.8 Å². The second kappa shape index (κ2) is 13.5. The Hall–Kier alpha value is -3.36. The Morgan fingerprint density at radius 3 is 2.41 bits per heavy atom. The van der Waals surface area contributed by atoms with Gasteiger partial charge in [0.2, 0.25) is 11.8 Å². The summed E-state index contributed by atoms with van der Waals surface area (Å²) in [5, 5.41) is 1.14. The lowest BCUT2D eigenvalue weighted by Gasteiger charge is -2.44. The number of piperidine rings is 2. The molecule has 0 radical (unpaired) electrons. The van der Waals surface area contributed by atoms with Crippen molar-refractivity contribution in [1.29, 1.82) is 0 Å². The first-order chi connectivity index (χ1) is 19.9. The van der Waals surface area contributed by atoms with Crippen LogP contribution in [0.1, 0.15) is 50.2 Å². The summed E-state index contributed by atoms with van der Waals surface area (Å²) in [5.41, 5.74) is 9.36. The second-order valence-electron chi connectivity index (χ2n) is 11.7. The summed E-state index contributed by atoms with van der Waals surface area (Å²) in [6.07, 6.45) is 8.66. The first kappa shape index (κ1) is 29.1. The van der Waals surface area contributed by atoms with Crippen LogP contribution in [0.4, 0.5) is 0 Å². The minimum absolute atomic E-state index is 0.0353. The van der Waals surface area contributed by atoms with E-state index in [9.17, 15) is 9.59 Å². The molecule has 0 aliphatic carbocycles. The number of para-hydroxylation sites is 2. The van der Waals surface area contributed by atoms with E-state index in [2.05, 4.69) is 26.9 Å². The van der Waals surface area contributed by atoms with Crippen molar-refractivity contribution in [1.82, 2.24) is 19.7 Å². The number of fused-ring (bicyclic) bond motifs is 1. The zero-order valence-corrected chi connectivity index (χ0v) is 24.6. The Balaban J connectivity index is 1.41. The number of hydrogen-bond donors (Lipinski definition) is 2. The first-order valence-electron chi connectivity index (χ1n) is 15.1. The van der Waals surface area contributed by atoms with Crippen LogP contribution in [0.2, 0.25) is 0 Å². The highest BCUT2D eigenvalue weighted by atomic mass is 16.5. The van der Waals surface area contributed by atoms with Gasteiger partial charge in [0.25, 0.3) is 0 Å². The second-order valence-corrected chi connectivity index (χ2v) is 11.7. The average Bonchev–Trinajstić information content (AvgIpc) is 3.40. The number of aromatic amines is 1. The van der Waals surface area contributed by atoms with E-state index in [1.807, 2.05) is 47.5 Å². The van der Waals surface area contributed by atoms with E-state index in [0.717, 1.165) is 53.7 Å². The summed E-state index contributed by atoms with van der Waals surface area (Å²) in [6, 6.07) is 16.1. The number of nitrogens with zero attached hydrogens (tertiary/aromatic N) is 3. The number of hydrogen-bond acceptors (Lipinski definition) is 5. The predicted molar refractivity (Wildman–Crippen MR) is 163 cm³/mol. The molecule has 2 atom stereocenters. The van der Waals surface area contributed by atoms with Crippen LogP contribution in [0.15, 0.2) is 54.7 Å². The summed E-state index contributed by atoms with van der Waals surface area (Å²) in [6.45, 7) is 6.48. The fourth-order valence-corrected chi connectivity index (χ4v) is 7.01. The molecular formula is C33H45N5O3. The zero-order valence-electron chi connectivity index (χ0n) is 24.6. The van der Waals surface area contributed by atoms with Gasteiger partial charge in [-0.3, -0.25) is 14.5 Å².